The van der Waals surface area contributed by atoms with Crippen LogP contribution in [0, 0.1) is 6.92 Å². The third-order valence-corrected chi connectivity index (χ3v) is 3.19. The molecule has 0 aliphatic heterocycles. The number of nitrogens with one attached hydrogen (secondary N) is 1. The Kier molecular flexibility index (Phi) is 3.25. The number of aryl methyl sites for hydroxylation is 1. The van der Waals surface area contributed by atoms with E-state index in [4.69, 9.17) is 8.83 Å². The number of benzene rings is 1. The largest absolute Gasteiger partial charge is 0.467 e. The van der Waals surface area contributed by atoms with Crippen molar-refractivity contribution in [3.05, 3.63) is 54.3 Å². The van der Waals surface area contributed by atoms with E-state index in [1.807, 2.05) is 30.3 Å². The zero-order valence-corrected chi connectivity index (χ0v) is 11.3. The number of hydrogen-bond donors (Lipinski definition) is 1. The molecule has 0 bridgehead atoms. The summed E-state index contributed by atoms with van der Waals surface area (Å²) >= 11 is 0. The van der Waals surface area contributed by atoms with Gasteiger partial charge in [0.1, 0.15) is 5.76 Å². The lowest BCUT2D eigenvalue weighted by Crippen LogP contribution is -2.06. The number of nitrogens with zero attached hydrogens (tertiary/aromatic N) is 2. The molecule has 102 valence electrons. The van der Waals surface area contributed by atoms with Crippen LogP contribution < -0.4 is 5.32 Å². The van der Waals surface area contributed by atoms with Crippen LogP contribution >= 0.6 is 0 Å². The molecule has 2 heterocycles. The van der Waals surface area contributed by atoms with Gasteiger partial charge in [-0.25, -0.2) is 0 Å². The van der Waals surface area contributed by atoms with E-state index in [0.29, 0.717) is 5.89 Å². The Bertz CT molecular complexity index is 675. The van der Waals surface area contributed by atoms with Crippen molar-refractivity contribution in [2.45, 2.75) is 19.9 Å². The zero-order chi connectivity index (χ0) is 13.9. The van der Waals surface area contributed by atoms with Crippen LogP contribution in [0.2, 0.25) is 0 Å². The van der Waals surface area contributed by atoms with Crippen LogP contribution in [0.3, 0.4) is 0 Å². The summed E-state index contributed by atoms with van der Waals surface area (Å²) in [4.78, 5) is 0. The number of furan rings is 1. The molecule has 0 radical (unpaired) electrons. The average molecular weight is 269 g/mol. The van der Waals surface area contributed by atoms with Crippen molar-refractivity contribution in [1.82, 2.24) is 10.2 Å². The van der Waals surface area contributed by atoms with Gasteiger partial charge in [-0.1, -0.05) is 6.07 Å². The van der Waals surface area contributed by atoms with Crippen molar-refractivity contribution in [2.75, 3.05) is 5.32 Å². The number of aromatic nitrogens is 2. The van der Waals surface area contributed by atoms with E-state index in [1.165, 1.54) is 6.39 Å². The highest BCUT2D eigenvalue weighted by atomic mass is 16.4. The molecule has 1 N–H and O–H groups in total. The van der Waals surface area contributed by atoms with Gasteiger partial charge in [-0.05, 0) is 43.7 Å². The quantitative estimate of drug-likeness (QED) is 0.780. The van der Waals surface area contributed by atoms with Gasteiger partial charge in [0.05, 0.1) is 12.3 Å². The van der Waals surface area contributed by atoms with Crippen molar-refractivity contribution in [3.63, 3.8) is 0 Å². The van der Waals surface area contributed by atoms with Gasteiger partial charge in [-0.3, -0.25) is 0 Å². The molecule has 0 amide bonds. The van der Waals surface area contributed by atoms with E-state index < -0.39 is 0 Å². The van der Waals surface area contributed by atoms with Gasteiger partial charge in [0, 0.05) is 11.3 Å². The molecular formula is C15H15N3O2. The van der Waals surface area contributed by atoms with Crippen LogP contribution in [0.15, 0.2) is 51.8 Å². The van der Waals surface area contributed by atoms with E-state index in [0.717, 1.165) is 22.6 Å². The number of hydrogen-bond acceptors (Lipinski definition) is 5. The van der Waals surface area contributed by atoms with Gasteiger partial charge >= 0.3 is 0 Å². The highest BCUT2D eigenvalue weighted by molar-refractivity contribution is 5.64. The van der Waals surface area contributed by atoms with Crippen LogP contribution in [-0.2, 0) is 0 Å². The van der Waals surface area contributed by atoms with Gasteiger partial charge in [0.2, 0.25) is 12.3 Å². The standard InChI is InChI=1S/C15H15N3O2/c1-10-5-6-12(15-18-16-9-20-15)8-13(10)17-11(2)14-4-3-7-19-14/h3-9,11,17H,1-2H3. The summed E-state index contributed by atoms with van der Waals surface area (Å²) in [6, 6.07) is 9.91. The molecule has 1 unspecified atom stereocenters. The van der Waals surface area contributed by atoms with Crippen LogP contribution in [0.5, 0.6) is 0 Å². The second-order valence-electron chi connectivity index (χ2n) is 4.66. The third kappa shape index (κ3) is 2.42. The van der Waals surface area contributed by atoms with E-state index in [2.05, 4.69) is 29.4 Å². The second kappa shape index (κ2) is 5.21. The minimum atomic E-state index is 0.0848. The summed E-state index contributed by atoms with van der Waals surface area (Å²) in [5.41, 5.74) is 3.05. The first-order valence-electron chi connectivity index (χ1n) is 6.41. The molecule has 1 atom stereocenters. The first kappa shape index (κ1) is 12.5. The minimum absolute atomic E-state index is 0.0848. The fourth-order valence-electron chi connectivity index (χ4n) is 2.05. The lowest BCUT2D eigenvalue weighted by atomic mass is 10.1. The van der Waals surface area contributed by atoms with E-state index in [9.17, 15) is 0 Å². The zero-order valence-electron chi connectivity index (χ0n) is 11.3. The monoisotopic (exact) mass is 269 g/mol. The van der Waals surface area contributed by atoms with E-state index >= 15 is 0 Å². The molecule has 0 spiro atoms. The summed E-state index contributed by atoms with van der Waals surface area (Å²) in [5.74, 6) is 1.41. The molecule has 0 aliphatic rings. The lowest BCUT2D eigenvalue weighted by molar-refractivity contribution is 0.490. The SMILES string of the molecule is Cc1ccc(-c2nnco2)cc1NC(C)c1ccco1. The van der Waals surface area contributed by atoms with E-state index in [-0.39, 0.29) is 6.04 Å². The molecule has 3 rings (SSSR count). The van der Waals surface area contributed by atoms with Crippen molar-refractivity contribution in [3.8, 4) is 11.5 Å². The van der Waals surface area contributed by atoms with Gasteiger partial charge in [0.25, 0.3) is 0 Å². The minimum Gasteiger partial charge on any atom is -0.467 e. The van der Waals surface area contributed by atoms with Gasteiger partial charge < -0.3 is 14.2 Å². The van der Waals surface area contributed by atoms with Gasteiger partial charge in [-0.2, -0.15) is 0 Å². The molecule has 3 aromatic rings. The highest BCUT2D eigenvalue weighted by Gasteiger charge is 2.11. The summed E-state index contributed by atoms with van der Waals surface area (Å²) in [6.07, 6.45) is 3.00. The Labute approximate surface area is 116 Å². The Morgan fingerprint density at radius 3 is 2.80 bits per heavy atom. The van der Waals surface area contributed by atoms with Crippen LogP contribution in [0.25, 0.3) is 11.5 Å². The van der Waals surface area contributed by atoms with Crippen molar-refractivity contribution in [1.29, 1.82) is 0 Å². The van der Waals surface area contributed by atoms with Crippen molar-refractivity contribution >= 4 is 5.69 Å². The molecule has 0 saturated carbocycles. The maximum Gasteiger partial charge on any atom is 0.247 e. The van der Waals surface area contributed by atoms with Gasteiger partial charge in [-0.15, -0.1) is 10.2 Å². The van der Waals surface area contributed by atoms with Crippen molar-refractivity contribution in [2.24, 2.45) is 0 Å². The van der Waals surface area contributed by atoms with Crippen LogP contribution in [0.4, 0.5) is 5.69 Å². The summed E-state index contributed by atoms with van der Waals surface area (Å²) in [5, 5.41) is 11.1. The highest BCUT2D eigenvalue weighted by Crippen LogP contribution is 2.27. The summed E-state index contributed by atoms with van der Waals surface area (Å²) in [7, 11) is 0. The van der Waals surface area contributed by atoms with E-state index in [1.54, 1.807) is 6.26 Å². The summed E-state index contributed by atoms with van der Waals surface area (Å²) in [6.45, 7) is 4.10. The van der Waals surface area contributed by atoms with Crippen LogP contribution in [-0.4, -0.2) is 10.2 Å². The second-order valence-corrected chi connectivity index (χ2v) is 4.66. The molecular weight excluding hydrogens is 254 g/mol. The smallest absolute Gasteiger partial charge is 0.247 e. The molecule has 5 nitrogen and oxygen atoms in total. The topological polar surface area (TPSA) is 64.1 Å². The molecule has 0 aliphatic carbocycles. The maximum absolute atomic E-state index is 5.41. The number of rotatable bonds is 4. The normalized spacial score (nSPS) is 12.3. The first-order chi connectivity index (χ1) is 9.74. The van der Waals surface area contributed by atoms with Gasteiger partial charge in [0.15, 0.2) is 0 Å². The summed E-state index contributed by atoms with van der Waals surface area (Å²) < 4.78 is 10.6. The average Bonchev–Trinajstić information content (AvgIpc) is 3.14. The molecule has 0 fully saturated rings. The first-order valence-corrected chi connectivity index (χ1v) is 6.41. The molecule has 0 saturated heterocycles. The molecule has 1 aromatic carbocycles. The Hall–Kier alpha value is -2.56. The third-order valence-electron chi connectivity index (χ3n) is 3.19. The van der Waals surface area contributed by atoms with Crippen molar-refractivity contribution < 1.29 is 8.83 Å². The predicted molar refractivity (Wildman–Crippen MR) is 75.2 cm³/mol. The fourth-order valence-corrected chi connectivity index (χ4v) is 2.05. The fraction of sp³-hybridized carbons (Fsp3) is 0.200. The number of anilines is 1. The Balaban J connectivity index is 1.87. The molecule has 5 heteroatoms. The Morgan fingerprint density at radius 1 is 1.20 bits per heavy atom. The lowest BCUT2D eigenvalue weighted by Gasteiger charge is -2.15. The molecule has 2 aromatic heterocycles. The predicted octanol–water partition coefficient (Wildman–Crippen LogP) is 3.81. The Morgan fingerprint density at radius 2 is 2.10 bits per heavy atom. The maximum atomic E-state index is 5.41. The van der Waals surface area contributed by atoms with Crippen LogP contribution in [0.1, 0.15) is 24.3 Å². The molecule has 20 heavy (non-hydrogen) atoms.